The highest BCUT2D eigenvalue weighted by Gasteiger charge is 2.40. The van der Waals surface area contributed by atoms with Crippen molar-refractivity contribution in [3.05, 3.63) is 0 Å². The van der Waals surface area contributed by atoms with Crippen molar-refractivity contribution in [3.8, 4) is 0 Å². The number of fused-ring (bicyclic) bond motifs is 1. The normalized spacial score (nSPS) is 40.5. The molecule has 1 aliphatic carbocycles. The average molecular weight is 279 g/mol. The summed E-state index contributed by atoms with van der Waals surface area (Å²) >= 11 is 0. The van der Waals surface area contributed by atoms with E-state index < -0.39 is 0 Å². The molecule has 0 bridgehead atoms. The van der Waals surface area contributed by atoms with Crippen LogP contribution in [-0.4, -0.2) is 54.6 Å². The molecule has 2 saturated heterocycles. The fourth-order valence-electron chi connectivity index (χ4n) is 4.89. The van der Waals surface area contributed by atoms with Crippen molar-refractivity contribution in [1.29, 1.82) is 0 Å². The Hall–Kier alpha value is -0.120. The van der Waals surface area contributed by atoms with Crippen LogP contribution in [0.2, 0.25) is 0 Å². The molecule has 4 unspecified atom stereocenters. The van der Waals surface area contributed by atoms with Crippen molar-refractivity contribution in [2.45, 2.75) is 64.0 Å². The van der Waals surface area contributed by atoms with Gasteiger partial charge in [0.2, 0.25) is 0 Å². The lowest BCUT2D eigenvalue weighted by Gasteiger charge is -2.30. The second-order valence-electron chi connectivity index (χ2n) is 7.40. The lowest BCUT2D eigenvalue weighted by Crippen LogP contribution is -2.39. The van der Waals surface area contributed by atoms with Crippen molar-refractivity contribution >= 4 is 0 Å². The molecule has 0 radical (unpaired) electrons. The lowest BCUT2D eigenvalue weighted by molar-refractivity contribution is 0.204. The number of likely N-dealkylation sites (tertiary alicyclic amines) is 2. The minimum atomic E-state index is 0.487. The Morgan fingerprint density at radius 1 is 1.00 bits per heavy atom. The molecule has 2 N–H and O–H groups in total. The van der Waals surface area contributed by atoms with Gasteiger partial charge in [0.15, 0.2) is 0 Å². The van der Waals surface area contributed by atoms with Gasteiger partial charge in [-0.15, -0.1) is 0 Å². The fraction of sp³-hybridized carbons (Fsp3) is 1.00. The molecule has 0 aromatic heterocycles. The first-order valence-corrected chi connectivity index (χ1v) is 9.00. The van der Waals surface area contributed by atoms with Gasteiger partial charge in [-0.2, -0.15) is 0 Å². The molecule has 0 aromatic rings. The smallest absolute Gasteiger partial charge is 0.0108 e. The minimum Gasteiger partial charge on any atom is -0.327 e. The Morgan fingerprint density at radius 3 is 2.70 bits per heavy atom. The maximum absolute atomic E-state index is 6.37. The van der Waals surface area contributed by atoms with E-state index in [2.05, 4.69) is 16.7 Å². The van der Waals surface area contributed by atoms with Crippen molar-refractivity contribution in [1.82, 2.24) is 9.80 Å². The molecule has 0 spiro atoms. The average Bonchev–Trinajstić information content (AvgIpc) is 2.74. The first-order chi connectivity index (χ1) is 9.78. The summed E-state index contributed by atoms with van der Waals surface area (Å²) in [5, 5.41) is 0. The highest BCUT2D eigenvalue weighted by Crippen LogP contribution is 2.37. The van der Waals surface area contributed by atoms with Gasteiger partial charge in [-0.05, 0) is 70.0 Å². The van der Waals surface area contributed by atoms with Crippen LogP contribution in [0.25, 0.3) is 0 Å². The summed E-state index contributed by atoms with van der Waals surface area (Å²) in [6, 6.07) is 1.33. The maximum Gasteiger partial charge on any atom is 0.0108 e. The first kappa shape index (κ1) is 14.8. The van der Waals surface area contributed by atoms with Crippen LogP contribution in [0, 0.1) is 11.8 Å². The molecule has 3 heteroatoms. The zero-order valence-electron chi connectivity index (χ0n) is 13.3. The second kappa shape index (κ2) is 6.76. The van der Waals surface area contributed by atoms with E-state index in [1.54, 1.807) is 0 Å². The van der Waals surface area contributed by atoms with Crippen LogP contribution in [0.3, 0.4) is 0 Å². The summed E-state index contributed by atoms with van der Waals surface area (Å²) in [5.41, 5.74) is 6.37. The van der Waals surface area contributed by atoms with Crippen molar-refractivity contribution in [3.63, 3.8) is 0 Å². The molecule has 0 aromatic carbocycles. The minimum absolute atomic E-state index is 0.487. The van der Waals surface area contributed by atoms with Crippen LogP contribution < -0.4 is 5.73 Å². The monoisotopic (exact) mass is 279 g/mol. The van der Waals surface area contributed by atoms with E-state index in [1.165, 1.54) is 77.7 Å². The molecule has 3 fully saturated rings. The molecule has 3 aliphatic rings. The predicted molar refractivity (Wildman–Crippen MR) is 84.7 cm³/mol. The van der Waals surface area contributed by atoms with Gasteiger partial charge in [0.1, 0.15) is 0 Å². The van der Waals surface area contributed by atoms with Crippen LogP contribution in [0.1, 0.15) is 51.9 Å². The molecule has 3 nitrogen and oxygen atoms in total. The Kier molecular flexibility index (Phi) is 5.00. The van der Waals surface area contributed by atoms with Gasteiger partial charge < -0.3 is 10.6 Å². The molecule has 116 valence electrons. The SMILES string of the molecule is CCCN1CCCC(N2CC3CCCC(N)C3C2)CC1. The third-order valence-electron chi connectivity index (χ3n) is 6.03. The van der Waals surface area contributed by atoms with Crippen molar-refractivity contribution in [2.24, 2.45) is 17.6 Å². The topological polar surface area (TPSA) is 32.5 Å². The van der Waals surface area contributed by atoms with E-state index in [4.69, 9.17) is 5.73 Å². The molecule has 1 saturated carbocycles. The Labute approximate surface area is 124 Å². The molecule has 3 rings (SSSR count). The summed E-state index contributed by atoms with van der Waals surface area (Å²) in [4.78, 5) is 5.49. The third-order valence-corrected chi connectivity index (χ3v) is 6.03. The molecule has 20 heavy (non-hydrogen) atoms. The third kappa shape index (κ3) is 3.20. The van der Waals surface area contributed by atoms with Crippen LogP contribution >= 0.6 is 0 Å². The summed E-state index contributed by atoms with van der Waals surface area (Å²) < 4.78 is 0. The number of rotatable bonds is 3. The molecule has 2 aliphatic heterocycles. The van der Waals surface area contributed by atoms with Crippen LogP contribution in [0.4, 0.5) is 0 Å². The van der Waals surface area contributed by atoms with Gasteiger partial charge in [-0.3, -0.25) is 4.90 Å². The summed E-state index contributed by atoms with van der Waals surface area (Å²) in [6.45, 7) is 8.87. The van der Waals surface area contributed by atoms with Gasteiger partial charge >= 0.3 is 0 Å². The number of nitrogens with zero attached hydrogens (tertiary/aromatic N) is 2. The zero-order valence-corrected chi connectivity index (χ0v) is 13.3. The summed E-state index contributed by atoms with van der Waals surface area (Å²) in [6.07, 6.45) is 9.55. The fourth-order valence-corrected chi connectivity index (χ4v) is 4.89. The van der Waals surface area contributed by atoms with E-state index in [-0.39, 0.29) is 0 Å². The quantitative estimate of drug-likeness (QED) is 0.860. The summed E-state index contributed by atoms with van der Waals surface area (Å²) in [7, 11) is 0. The van der Waals surface area contributed by atoms with Gasteiger partial charge in [0.25, 0.3) is 0 Å². The largest absolute Gasteiger partial charge is 0.327 e. The van der Waals surface area contributed by atoms with Crippen molar-refractivity contribution < 1.29 is 0 Å². The van der Waals surface area contributed by atoms with E-state index in [0.717, 1.165) is 17.9 Å². The van der Waals surface area contributed by atoms with Crippen LogP contribution in [0.15, 0.2) is 0 Å². The molecular weight excluding hydrogens is 246 g/mol. The Morgan fingerprint density at radius 2 is 1.90 bits per heavy atom. The molecule has 2 heterocycles. The van der Waals surface area contributed by atoms with Gasteiger partial charge in [-0.25, -0.2) is 0 Å². The standard InChI is InChI=1S/C17H33N3/c1-2-9-19-10-4-6-15(8-11-19)20-12-14-5-3-7-17(18)16(14)13-20/h14-17H,2-13,18H2,1H3. The molecule has 4 atom stereocenters. The molecule has 0 amide bonds. The number of hydrogen-bond donors (Lipinski definition) is 1. The van der Waals surface area contributed by atoms with Gasteiger partial charge in [-0.1, -0.05) is 13.3 Å². The van der Waals surface area contributed by atoms with E-state index >= 15 is 0 Å². The highest BCUT2D eigenvalue weighted by molar-refractivity contribution is 4.95. The number of hydrogen-bond acceptors (Lipinski definition) is 3. The predicted octanol–water partition coefficient (Wildman–Crippen LogP) is 2.31. The van der Waals surface area contributed by atoms with Crippen molar-refractivity contribution in [2.75, 3.05) is 32.7 Å². The maximum atomic E-state index is 6.37. The number of nitrogens with two attached hydrogens (primary N) is 1. The molecular formula is C17H33N3. The Bertz CT molecular complexity index is 307. The van der Waals surface area contributed by atoms with Gasteiger partial charge in [0.05, 0.1) is 0 Å². The van der Waals surface area contributed by atoms with E-state index in [0.29, 0.717) is 6.04 Å². The second-order valence-corrected chi connectivity index (χ2v) is 7.40. The lowest BCUT2D eigenvalue weighted by atomic mass is 9.78. The first-order valence-electron chi connectivity index (χ1n) is 9.00. The van der Waals surface area contributed by atoms with Crippen LogP contribution in [-0.2, 0) is 0 Å². The van der Waals surface area contributed by atoms with Crippen LogP contribution in [0.5, 0.6) is 0 Å². The Balaban J connectivity index is 1.54. The zero-order chi connectivity index (χ0) is 13.9. The highest BCUT2D eigenvalue weighted by atomic mass is 15.2. The van der Waals surface area contributed by atoms with Gasteiger partial charge in [0, 0.05) is 25.2 Å². The van der Waals surface area contributed by atoms with E-state index in [1.807, 2.05) is 0 Å². The van der Waals surface area contributed by atoms with E-state index in [9.17, 15) is 0 Å². The summed E-state index contributed by atoms with van der Waals surface area (Å²) in [5.74, 6) is 1.72.